The molecule has 0 saturated heterocycles. The fraction of sp³-hybridized carbons (Fsp3) is 0.167. The number of aromatic nitrogens is 2. The molecular weight excluding hydrogens is 308 g/mol. The Bertz CT molecular complexity index is 691. The highest BCUT2D eigenvalue weighted by atomic mass is 35.5. The summed E-state index contributed by atoms with van der Waals surface area (Å²) in [5.41, 5.74) is 0.215. The number of benzene rings is 1. The molecule has 0 radical (unpaired) electrons. The number of hydrogen-bond donors (Lipinski definition) is 2. The van der Waals surface area contributed by atoms with Crippen LogP contribution in [-0.2, 0) is 6.54 Å². The minimum atomic E-state index is -0.542. The van der Waals surface area contributed by atoms with Gasteiger partial charge in [-0.2, -0.15) is 5.10 Å². The van der Waals surface area contributed by atoms with E-state index in [-0.39, 0.29) is 28.9 Å². The second-order valence-corrected chi connectivity index (χ2v) is 4.66. The Hall–Kier alpha value is -1.63. The second-order valence-electron chi connectivity index (χ2n) is 3.88. The van der Waals surface area contributed by atoms with Crippen molar-refractivity contribution >= 4 is 34.6 Å². The van der Waals surface area contributed by atoms with E-state index in [2.05, 4.69) is 10.4 Å². The SMILES string of the molecule is O=c1c(Cl)c(Nc2ccc(F)c(Cl)c2)cnn1CCO. The van der Waals surface area contributed by atoms with E-state index in [1.165, 1.54) is 24.4 Å². The Labute approximate surface area is 123 Å². The van der Waals surface area contributed by atoms with Crippen molar-refractivity contribution < 1.29 is 9.50 Å². The third-order valence-electron chi connectivity index (χ3n) is 2.50. The molecule has 2 N–H and O–H groups in total. The smallest absolute Gasteiger partial charge is 0.287 e. The highest BCUT2D eigenvalue weighted by Gasteiger charge is 2.10. The van der Waals surface area contributed by atoms with E-state index in [0.29, 0.717) is 5.69 Å². The molecule has 1 heterocycles. The van der Waals surface area contributed by atoms with Gasteiger partial charge in [-0.05, 0) is 18.2 Å². The van der Waals surface area contributed by atoms with Gasteiger partial charge in [-0.3, -0.25) is 4.79 Å². The van der Waals surface area contributed by atoms with Crippen LogP contribution >= 0.6 is 23.2 Å². The van der Waals surface area contributed by atoms with Gasteiger partial charge < -0.3 is 10.4 Å². The molecule has 2 rings (SSSR count). The molecule has 2 aromatic rings. The van der Waals surface area contributed by atoms with Crippen LogP contribution in [0, 0.1) is 5.82 Å². The molecule has 106 valence electrons. The van der Waals surface area contributed by atoms with E-state index in [1.54, 1.807) is 0 Å². The molecule has 0 spiro atoms. The summed E-state index contributed by atoms with van der Waals surface area (Å²) in [4.78, 5) is 11.8. The first-order valence-electron chi connectivity index (χ1n) is 5.61. The predicted molar refractivity (Wildman–Crippen MR) is 75.3 cm³/mol. The standard InChI is InChI=1S/C12H10Cl2FN3O2/c13-8-5-7(1-2-9(8)15)17-10-6-16-18(3-4-19)12(20)11(10)14/h1-2,5-6,17,19H,3-4H2. The van der Waals surface area contributed by atoms with Gasteiger partial charge in [-0.25, -0.2) is 9.07 Å². The van der Waals surface area contributed by atoms with E-state index < -0.39 is 11.4 Å². The molecule has 0 aliphatic carbocycles. The average Bonchev–Trinajstić information content (AvgIpc) is 2.42. The number of rotatable bonds is 4. The van der Waals surface area contributed by atoms with Gasteiger partial charge in [0.25, 0.3) is 5.56 Å². The van der Waals surface area contributed by atoms with Crippen LogP contribution in [-0.4, -0.2) is 21.5 Å². The van der Waals surface area contributed by atoms with Crippen LogP contribution in [0.5, 0.6) is 0 Å². The van der Waals surface area contributed by atoms with Gasteiger partial charge in [0.2, 0.25) is 0 Å². The number of halogens is 3. The number of hydrogen-bond acceptors (Lipinski definition) is 4. The summed E-state index contributed by atoms with van der Waals surface area (Å²) in [6, 6.07) is 4.02. The molecule has 8 heteroatoms. The molecule has 0 amide bonds. The zero-order valence-electron chi connectivity index (χ0n) is 10.1. The molecule has 0 saturated carbocycles. The normalized spacial score (nSPS) is 10.6. The van der Waals surface area contributed by atoms with E-state index >= 15 is 0 Å². The zero-order valence-corrected chi connectivity index (χ0v) is 11.6. The number of anilines is 2. The van der Waals surface area contributed by atoms with Crippen LogP contribution in [0.3, 0.4) is 0 Å². The fourth-order valence-corrected chi connectivity index (χ4v) is 1.91. The lowest BCUT2D eigenvalue weighted by molar-refractivity contribution is 0.266. The monoisotopic (exact) mass is 317 g/mol. The Morgan fingerprint density at radius 2 is 2.15 bits per heavy atom. The number of nitrogens with zero attached hydrogens (tertiary/aromatic N) is 2. The summed E-state index contributed by atoms with van der Waals surface area (Å²) in [5.74, 6) is -0.542. The molecular formula is C12H10Cl2FN3O2. The van der Waals surface area contributed by atoms with Crippen molar-refractivity contribution in [2.24, 2.45) is 0 Å². The summed E-state index contributed by atoms with van der Waals surface area (Å²) in [6.07, 6.45) is 1.34. The quantitative estimate of drug-likeness (QED) is 0.908. The lowest BCUT2D eigenvalue weighted by Gasteiger charge is -2.10. The van der Waals surface area contributed by atoms with Gasteiger partial charge in [0, 0.05) is 5.69 Å². The van der Waals surface area contributed by atoms with E-state index in [0.717, 1.165) is 4.68 Å². The van der Waals surface area contributed by atoms with Gasteiger partial charge in [-0.15, -0.1) is 0 Å². The lowest BCUT2D eigenvalue weighted by atomic mass is 10.3. The molecule has 0 unspecified atom stereocenters. The van der Waals surface area contributed by atoms with Crippen molar-refractivity contribution in [3.63, 3.8) is 0 Å². The predicted octanol–water partition coefficient (Wildman–Crippen LogP) is 2.43. The Morgan fingerprint density at radius 3 is 2.80 bits per heavy atom. The number of aliphatic hydroxyl groups excluding tert-OH is 1. The van der Waals surface area contributed by atoms with Crippen molar-refractivity contribution in [1.82, 2.24) is 9.78 Å². The summed E-state index contributed by atoms with van der Waals surface area (Å²) in [7, 11) is 0. The van der Waals surface area contributed by atoms with Crippen molar-refractivity contribution in [2.75, 3.05) is 11.9 Å². The third kappa shape index (κ3) is 3.09. The van der Waals surface area contributed by atoms with E-state index in [4.69, 9.17) is 28.3 Å². The minimum absolute atomic E-state index is 0.0484. The maximum atomic E-state index is 13.0. The van der Waals surface area contributed by atoms with Gasteiger partial charge in [0.1, 0.15) is 10.8 Å². The van der Waals surface area contributed by atoms with Crippen molar-refractivity contribution in [3.05, 3.63) is 50.6 Å². The first-order valence-corrected chi connectivity index (χ1v) is 6.37. The maximum Gasteiger partial charge on any atom is 0.287 e. The largest absolute Gasteiger partial charge is 0.394 e. The minimum Gasteiger partial charge on any atom is -0.394 e. The van der Waals surface area contributed by atoms with Crippen LogP contribution in [0.15, 0.2) is 29.2 Å². The Balaban J connectivity index is 2.32. The molecule has 5 nitrogen and oxygen atoms in total. The zero-order chi connectivity index (χ0) is 14.7. The summed E-state index contributed by atoms with van der Waals surface area (Å²) >= 11 is 11.6. The Kier molecular flexibility index (Phi) is 4.59. The molecule has 0 bridgehead atoms. The molecule has 0 fully saturated rings. The van der Waals surface area contributed by atoms with Gasteiger partial charge >= 0.3 is 0 Å². The highest BCUT2D eigenvalue weighted by Crippen LogP contribution is 2.24. The number of nitrogens with one attached hydrogen (secondary N) is 1. The molecule has 1 aromatic heterocycles. The van der Waals surface area contributed by atoms with Crippen LogP contribution in [0.2, 0.25) is 10.0 Å². The van der Waals surface area contributed by atoms with E-state index in [1.807, 2.05) is 0 Å². The van der Waals surface area contributed by atoms with Gasteiger partial charge in [-0.1, -0.05) is 23.2 Å². The van der Waals surface area contributed by atoms with E-state index in [9.17, 15) is 9.18 Å². The van der Waals surface area contributed by atoms with Crippen LogP contribution < -0.4 is 10.9 Å². The lowest BCUT2D eigenvalue weighted by Crippen LogP contribution is -2.25. The summed E-state index contributed by atoms with van der Waals surface area (Å²) in [6.45, 7) is -0.162. The topological polar surface area (TPSA) is 67.2 Å². The van der Waals surface area contributed by atoms with Crippen LogP contribution in [0.1, 0.15) is 0 Å². The van der Waals surface area contributed by atoms with Crippen molar-refractivity contribution in [3.8, 4) is 0 Å². The van der Waals surface area contributed by atoms with Crippen LogP contribution in [0.25, 0.3) is 0 Å². The second kappa shape index (κ2) is 6.21. The molecule has 1 aromatic carbocycles. The van der Waals surface area contributed by atoms with Gasteiger partial charge in [0.05, 0.1) is 30.1 Å². The average molecular weight is 318 g/mol. The third-order valence-corrected chi connectivity index (χ3v) is 3.15. The van der Waals surface area contributed by atoms with Gasteiger partial charge in [0.15, 0.2) is 0 Å². The van der Waals surface area contributed by atoms with Crippen molar-refractivity contribution in [1.29, 1.82) is 0 Å². The summed E-state index contributed by atoms with van der Waals surface area (Å²) < 4.78 is 14.1. The fourth-order valence-electron chi connectivity index (χ4n) is 1.54. The first-order chi connectivity index (χ1) is 9.52. The van der Waals surface area contributed by atoms with Crippen LogP contribution in [0.4, 0.5) is 15.8 Å². The molecule has 0 aliphatic heterocycles. The summed E-state index contributed by atoms with van der Waals surface area (Å²) in [5, 5.41) is 15.3. The molecule has 20 heavy (non-hydrogen) atoms. The number of aliphatic hydroxyl groups is 1. The molecule has 0 atom stereocenters. The Morgan fingerprint density at radius 1 is 1.40 bits per heavy atom. The highest BCUT2D eigenvalue weighted by molar-refractivity contribution is 6.33. The van der Waals surface area contributed by atoms with Crippen molar-refractivity contribution in [2.45, 2.75) is 6.54 Å². The maximum absolute atomic E-state index is 13.0. The molecule has 0 aliphatic rings. The first kappa shape index (κ1) is 14.8.